The lowest BCUT2D eigenvalue weighted by Gasteiger charge is -2.40. The Bertz CT molecular complexity index is 1380. The standard InChI is InChI=1S/C78H153NO8/c1-3-5-7-9-11-13-15-17-19-21-23-25-27-29-31-32-33-34-35-36-37-38-39-40-42-44-46-48-50-52-54-56-58-60-62-64-66-68-74(82)79-71(70-86-78-77(85)76(84)75(83)73(69-80)87-78)72(81)67-65-63-61-59-57-55-53-51-49-47-45-43-41-30-28-26-24-22-20-18-16-14-12-10-8-6-4-2/h65,67,71-73,75-78,80-81,83-85H,3-64,66,68-70H2,1-2H3,(H,79,82)/b67-65+. The first-order chi connectivity index (χ1) is 42.8. The summed E-state index contributed by atoms with van der Waals surface area (Å²) >= 11 is 0. The van der Waals surface area contributed by atoms with E-state index in [-0.39, 0.29) is 12.5 Å². The zero-order valence-corrected chi connectivity index (χ0v) is 58.3. The van der Waals surface area contributed by atoms with Gasteiger partial charge in [0.15, 0.2) is 6.29 Å². The van der Waals surface area contributed by atoms with Gasteiger partial charge in [-0.2, -0.15) is 0 Å². The molecule has 0 spiro atoms. The van der Waals surface area contributed by atoms with E-state index in [2.05, 4.69) is 19.2 Å². The van der Waals surface area contributed by atoms with Crippen LogP contribution < -0.4 is 5.32 Å². The zero-order valence-electron chi connectivity index (χ0n) is 58.3. The van der Waals surface area contributed by atoms with Crippen LogP contribution in [0, 0.1) is 0 Å². The molecule has 1 saturated heterocycles. The summed E-state index contributed by atoms with van der Waals surface area (Å²) in [4.78, 5) is 13.2. The molecule has 0 aliphatic carbocycles. The number of unbranched alkanes of at least 4 members (excludes halogenated alkanes) is 61. The van der Waals surface area contributed by atoms with E-state index >= 15 is 0 Å². The van der Waals surface area contributed by atoms with E-state index in [4.69, 9.17) is 9.47 Å². The number of aliphatic hydroxyl groups is 5. The van der Waals surface area contributed by atoms with E-state index < -0.39 is 49.5 Å². The third kappa shape index (κ3) is 56.2. The average molecular weight is 1230 g/mol. The van der Waals surface area contributed by atoms with E-state index in [0.29, 0.717) is 6.42 Å². The summed E-state index contributed by atoms with van der Waals surface area (Å²) in [7, 11) is 0. The van der Waals surface area contributed by atoms with Crippen molar-refractivity contribution < 1.29 is 39.8 Å². The molecule has 0 aromatic rings. The minimum absolute atomic E-state index is 0.165. The van der Waals surface area contributed by atoms with Crippen LogP contribution in [-0.2, 0) is 14.3 Å². The summed E-state index contributed by atoms with van der Waals surface area (Å²) in [5.41, 5.74) is 0. The monoisotopic (exact) mass is 1230 g/mol. The minimum Gasteiger partial charge on any atom is -0.394 e. The number of carbonyl (C=O) groups excluding carboxylic acids is 1. The third-order valence-electron chi connectivity index (χ3n) is 19.4. The normalized spacial score (nSPS) is 17.9. The lowest BCUT2D eigenvalue weighted by atomic mass is 9.99. The van der Waals surface area contributed by atoms with Gasteiger partial charge in [-0.1, -0.05) is 411 Å². The van der Waals surface area contributed by atoms with Gasteiger partial charge in [-0.3, -0.25) is 4.79 Å². The van der Waals surface area contributed by atoms with Gasteiger partial charge >= 0.3 is 0 Å². The van der Waals surface area contributed by atoms with Crippen LogP contribution in [0.15, 0.2) is 12.2 Å². The smallest absolute Gasteiger partial charge is 0.220 e. The number of carbonyl (C=O) groups is 1. The molecule has 0 saturated carbocycles. The highest BCUT2D eigenvalue weighted by Gasteiger charge is 2.44. The second-order valence-corrected chi connectivity index (χ2v) is 27.9. The maximum atomic E-state index is 13.2. The molecule has 7 atom stereocenters. The second-order valence-electron chi connectivity index (χ2n) is 27.9. The number of allylic oxidation sites excluding steroid dienone is 1. The van der Waals surface area contributed by atoms with Crippen molar-refractivity contribution in [2.24, 2.45) is 0 Å². The fraction of sp³-hybridized carbons (Fsp3) is 0.962. The fourth-order valence-corrected chi connectivity index (χ4v) is 13.2. The minimum atomic E-state index is -1.57. The molecule has 1 aliphatic rings. The van der Waals surface area contributed by atoms with Crippen LogP contribution in [0.5, 0.6) is 0 Å². The molecule has 1 aliphatic heterocycles. The molecule has 0 bridgehead atoms. The van der Waals surface area contributed by atoms with Crippen LogP contribution in [0.2, 0.25) is 0 Å². The van der Waals surface area contributed by atoms with Gasteiger partial charge in [-0.15, -0.1) is 0 Å². The van der Waals surface area contributed by atoms with Gasteiger partial charge in [0.1, 0.15) is 24.4 Å². The number of rotatable bonds is 71. The predicted molar refractivity (Wildman–Crippen MR) is 374 cm³/mol. The molecule has 9 heteroatoms. The predicted octanol–water partition coefficient (Wildman–Crippen LogP) is 22.2. The Morgan fingerprint density at radius 2 is 0.632 bits per heavy atom. The van der Waals surface area contributed by atoms with E-state index in [1.165, 1.54) is 366 Å². The molecule has 1 rings (SSSR count). The van der Waals surface area contributed by atoms with Crippen molar-refractivity contribution in [3.63, 3.8) is 0 Å². The first kappa shape index (κ1) is 83.9. The van der Waals surface area contributed by atoms with Crippen molar-refractivity contribution in [3.05, 3.63) is 12.2 Å². The van der Waals surface area contributed by atoms with Gasteiger partial charge in [0, 0.05) is 6.42 Å². The lowest BCUT2D eigenvalue weighted by Crippen LogP contribution is -2.60. The summed E-state index contributed by atoms with van der Waals surface area (Å²) in [6, 6.07) is -0.803. The number of aliphatic hydroxyl groups excluding tert-OH is 5. The van der Waals surface area contributed by atoms with E-state index in [9.17, 15) is 30.3 Å². The van der Waals surface area contributed by atoms with E-state index in [1.807, 2.05) is 6.08 Å². The lowest BCUT2D eigenvalue weighted by molar-refractivity contribution is -0.302. The van der Waals surface area contributed by atoms with Crippen molar-refractivity contribution in [3.8, 4) is 0 Å². The molecule has 6 N–H and O–H groups in total. The molecule has 0 aromatic heterocycles. The summed E-state index contributed by atoms with van der Waals surface area (Å²) in [5, 5.41) is 54.9. The van der Waals surface area contributed by atoms with Crippen LogP contribution in [0.4, 0.5) is 0 Å². The highest BCUT2D eigenvalue weighted by Crippen LogP contribution is 2.24. The van der Waals surface area contributed by atoms with Crippen molar-refractivity contribution in [2.45, 2.75) is 468 Å². The molecule has 0 radical (unpaired) electrons. The summed E-state index contributed by atoms with van der Waals surface area (Å²) < 4.78 is 11.3. The summed E-state index contributed by atoms with van der Waals surface area (Å²) in [6.45, 7) is 3.86. The van der Waals surface area contributed by atoms with Crippen molar-refractivity contribution >= 4 is 5.91 Å². The maximum Gasteiger partial charge on any atom is 0.220 e. The van der Waals surface area contributed by atoms with Gasteiger partial charge < -0.3 is 40.3 Å². The van der Waals surface area contributed by atoms with Gasteiger partial charge in [0.2, 0.25) is 5.91 Å². The van der Waals surface area contributed by atoms with Crippen LogP contribution in [0.25, 0.3) is 0 Å². The topological polar surface area (TPSA) is 149 Å². The SMILES string of the molecule is CCCCCCCCCCCCCCCCCCCCCCCCCCC/C=C/C(O)C(COC1OC(CO)C(O)C(O)C1O)NC(=O)CCCCCCCCCCCCCCCCCCCCCCCCCCCCCCCCCCCCCCC. The zero-order chi connectivity index (χ0) is 62.8. The van der Waals surface area contributed by atoms with Gasteiger partial charge in [-0.25, -0.2) is 0 Å². The fourth-order valence-electron chi connectivity index (χ4n) is 13.2. The Hall–Kier alpha value is -1.07. The Morgan fingerprint density at radius 3 is 0.897 bits per heavy atom. The molecular weight excluding hydrogens is 1080 g/mol. The highest BCUT2D eigenvalue weighted by molar-refractivity contribution is 5.76. The third-order valence-corrected chi connectivity index (χ3v) is 19.4. The number of hydrogen-bond acceptors (Lipinski definition) is 8. The quantitative estimate of drug-likeness (QED) is 0.0261. The Morgan fingerprint density at radius 1 is 0.379 bits per heavy atom. The molecule has 9 nitrogen and oxygen atoms in total. The molecule has 7 unspecified atom stereocenters. The summed E-state index contributed by atoms with van der Waals surface area (Å²) in [6.07, 6.45) is 82.2. The molecular formula is C78H153NO8. The van der Waals surface area contributed by atoms with Crippen LogP contribution in [0.3, 0.4) is 0 Å². The average Bonchev–Trinajstić information content (AvgIpc) is 3.46. The molecule has 1 fully saturated rings. The molecule has 518 valence electrons. The second kappa shape index (κ2) is 67.8. The highest BCUT2D eigenvalue weighted by atomic mass is 16.7. The Labute approximate surface area is 541 Å². The summed E-state index contributed by atoms with van der Waals surface area (Å²) in [5.74, 6) is -0.165. The molecule has 1 amide bonds. The van der Waals surface area contributed by atoms with Crippen LogP contribution in [-0.4, -0.2) is 87.5 Å². The molecule has 0 aromatic carbocycles. The van der Waals surface area contributed by atoms with Gasteiger partial charge in [0.05, 0.1) is 25.4 Å². The van der Waals surface area contributed by atoms with Crippen LogP contribution >= 0.6 is 0 Å². The van der Waals surface area contributed by atoms with Crippen molar-refractivity contribution in [2.75, 3.05) is 13.2 Å². The molecule has 87 heavy (non-hydrogen) atoms. The first-order valence-electron chi connectivity index (χ1n) is 39.4. The maximum absolute atomic E-state index is 13.2. The van der Waals surface area contributed by atoms with E-state index in [1.54, 1.807) is 6.08 Å². The first-order valence-corrected chi connectivity index (χ1v) is 39.4. The number of ether oxygens (including phenoxy) is 2. The number of nitrogens with one attached hydrogen (secondary N) is 1. The van der Waals surface area contributed by atoms with E-state index in [0.717, 1.165) is 38.5 Å². The Kier molecular flexibility index (Phi) is 65.4. The number of amides is 1. The largest absolute Gasteiger partial charge is 0.394 e. The Balaban J connectivity index is 2.05. The van der Waals surface area contributed by atoms with Crippen LogP contribution in [0.1, 0.15) is 425 Å². The van der Waals surface area contributed by atoms with Gasteiger partial charge in [-0.05, 0) is 19.3 Å². The van der Waals surface area contributed by atoms with Gasteiger partial charge in [0.25, 0.3) is 0 Å². The molecule has 1 heterocycles. The van der Waals surface area contributed by atoms with Crippen molar-refractivity contribution in [1.82, 2.24) is 5.32 Å². The number of hydrogen-bond donors (Lipinski definition) is 6. The van der Waals surface area contributed by atoms with Crippen molar-refractivity contribution in [1.29, 1.82) is 0 Å².